The molecular formula is C33H29N5O2S. The molecule has 6 rings (SSSR count). The summed E-state index contributed by atoms with van der Waals surface area (Å²) in [7, 11) is 0. The summed E-state index contributed by atoms with van der Waals surface area (Å²) in [6.45, 7) is 2.01. The predicted octanol–water partition coefficient (Wildman–Crippen LogP) is 6.38. The van der Waals surface area contributed by atoms with E-state index in [0.29, 0.717) is 16.5 Å². The van der Waals surface area contributed by atoms with Crippen LogP contribution in [0.5, 0.6) is 5.75 Å². The molecule has 5 aromatic rings. The minimum atomic E-state index is -0.232. The van der Waals surface area contributed by atoms with Gasteiger partial charge >= 0.3 is 0 Å². The Kier molecular flexibility index (Phi) is 7.47. The maximum Gasteiger partial charge on any atom is 0.262 e. The number of hydrogen-bond acceptors (Lipinski definition) is 4. The summed E-state index contributed by atoms with van der Waals surface area (Å²) in [5.41, 5.74) is 5.84. The first kappa shape index (κ1) is 26.3. The van der Waals surface area contributed by atoms with Crippen LogP contribution in [-0.4, -0.2) is 27.2 Å². The third kappa shape index (κ3) is 5.69. The molecule has 2 aromatic heterocycles. The summed E-state index contributed by atoms with van der Waals surface area (Å²) in [5.74, 6) is 0.418. The number of hydrogen-bond donors (Lipinski definition) is 2. The number of carbonyl (C=O) groups excluding carboxylic acids is 1. The van der Waals surface area contributed by atoms with E-state index in [9.17, 15) is 4.79 Å². The van der Waals surface area contributed by atoms with Crippen molar-refractivity contribution in [1.82, 2.24) is 14.9 Å². The van der Waals surface area contributed by atoms with Crippen LogP contribution in [0.4, 0.5) is 11.4 Å². The molecule has 0 aliphatic carbocycles. The van der Waals surface area contributed by atoms with Crippen molar-refractivity contribution in [2.45, 2.75) is 19.0 Å². The zero-order valence-electron chi connectivity index (χ0n) is 22.5. The van der Waals surface area contributed by atoms with E-state index < -0.39 is 0 Å². The molecule has 1 aliphatic rings. The van der Waals surface area contributed by atoms with Gasteiger partial charge in [0.2, 0.25) is 0 Å². The van der Waals surface area contributed by atoms with Crippen molar-refractivity contribution in [1.29, 1.82) is 0 Å². The van der Waals surface area contributed by atoms with Crippen molar-refractivity contribution in [3.8, 4) is 11.4 Å². The topological polar surface area (TPSA) is 71.4 Å². The molecule has 2 atom stereocenters. The average Bonchev–Trinajstić information content (AvgIpc) is 3.62. The normalized spacial score (nSPS) is 16.3. The average molecular weight is 560 g/mol. The number of nitrogens with one attached hydrogen (secondary N) is 2. The van der Waals surface area contributed by atoms with Crippen molar-refractivity contribution in [3.05, 3.63) is 139 Å². The van der Waals surface area contributed by atoms with Gasteiger partial charge < -0.3 is 24.8 Å². The number of amides is 1. The zero-order chi connectivity index (χ0) is 28.2. The van der Waals surface area contributed by atoms with E-state index in [0.717, 1.165) is 22.8 Å². The monoisotopic (exact) mass is 559 g/mol. The second kappa shape index (κ2) is 11.7. The highest BCUT2D eigenvalue weighted by atomic mass is 32.1. The predicted molar refractivity (Wildman–Crippen MR) is 165 cm³/mol. The maximum absolute atomic E-state index is 12.5. The number of thiocarbonyl (C=S) groups is 1. The van der Waals surface area contributed by atoms with Crippen molar-refractivity contribution < 1.29 is 9.53 Å². The standard InChI is InChI=1S/C33H29N5O2S/c1-23-12-16-25(17-13-23)37-21-7-11-29(37)32-31(28-10-5-6-20-34-28)36-33(41)38(32)26-18-14-24(15-19-26)35-30(39)22-40-27-8-3-2-4-9-27/h2-21,31-32H,22H2,1H3,(H,35,39)(H,36,41)/t31-,32-/m1/s1. The van der Waals surface area contributed by atoms with Crippen LogP contribution in [-0.2, 0) is 4.79 Å². The van der Waals surface area contributed by atoms with Crippen molar-refractivity contribution in [2.75, 3.05) is 16.8 Å². The van der Waals surface area contributed by atoms with Crippen molar-refractivity contribution in [3.63, 3.8) is 0 Å². The molecule has 8 heteroatoms. The first-order chi connectivity index (χ1) is 20.1. The fraction of sp³-hybridized carbons (Fsp3) is 0.121. The Morgan fingerprint density at radius 1 is 0.902 bits per heavy atom. The Morgan fingerprint density at radius 3 is 2.37 bits per heavy atom. The lowest BCUT2D eigenvalue weighted by molar-refractivity contribution is -0.118. The zero-order valence-corrected chi connectivity index (χ0v) is 23.3. The highest BCUT2D eigenvalue weighted by Crippen LogP contribution is 2.42. The number of benzene rings is 3. The van der Waals surface area contributed by atoms with Gasteiger partial charge in [0.25, 0.3) is 5.91 Å². The van der Waals surface area contributed by atoms with E-state index in [1.165, 1.54) is 5.56 Å². The summed E-state index contributed by atoms with van der Waals surface area (Å²) in [6, 6.07) is 35.2. The van der Waals surface area contributed by atoms with Gasteiger partial charge in [-0.05, 0) is 91.9 Å². The highest BCUT2D eigenvalue weighted by molar-refractivity contribution is 7.80. The maximum atomic E-state index is 12.5. The minimum absolute atomic E-state index is 0.0737. The quantitative estimate of drug-likeness (QED) is 0.215. The summed E-state index contributed by atoms with van der Waals surface area (Å²) in [4.78, 5) is 19.3. The Balaban J connectivity index is 1.28. The fourth-order valence-corrected chi connectivity index (χ4v) is 5.42. The second-order valence-electron chi connectivity index (χ2n) is 9.83. The van der Waals surface area contributed by atoms with Gasteiger partial charge in [0.05, 0.1) is 11.7 Å². The molecule has 0 unspecified atom stereocenters. The number of aromatic nitrogens is 2. The molecule has 1 amide bonds. The van der Waals surface area contributed by atoms with Crippen LogP contribution in [0.3, 0.4) is 0 Å². The lowest BCUT2D eigenvalue weighted by Gasteiger charge is -2.29. The van der Waals surface area contributed by atoms with Gasteiger partial charge in [0, 0.05) is 35.1 Å². The van der Waals surface area contributed by atoms with Gasteiger partial charge in [-0.15, -0.1) is 0 Å². The third-order valence-corrected chi connectivity index (χ3v) is 7.35. The smallest absolute Gasteiger partial charge is 0.262 e. The van der Waals surface area contributed by atoms with E-state index in [2.05, 4.69) is 74.6 Å². The van der Waals surface area contributed by atoms with Crippen LogP contribution in [0.25, 0.3) is 5.69 Å². The molecule has 1 saturated heterocycles. The lowest BCUT2D eigenvalue weighted by Crippen LogP contribution is -2.30. The number of ether oxygens (including phenoxy) is 1. The first-order valence-electron chi connectivity index (χ1n) is 13.4. The van der Waals surface area contributed by atoms with Gasteiger partial charge in [-0.1, -0.05) is 42.0 Å². The summed E-state index contributed by atoms with van der Waals surface area (Å²) in [5, 5.41) is 7.03. The molecular weight excluding hydrogens is 530 g/mol. The summed E-state index contributed by atoms with van der Waals surface area (Å²) in [6.07, 6.45) is 3.88. The molecule has 0 saturated carbocycles. The van der Waals surface area contributed by atoms with E-state index >= 15 is 0 Å². The Hall–Kier alpha value is -4.95. The molecule has 1 aliphatic heterocycles. The Labute approximate surface area is 244 Å². The molecule has 0 bridgehead atoms. The largest absolute Gasteiger partial charge is 0.484 e. The lowest BCUT2D eigenvalue weighted by atomic mass is 10.0. The van der Waals surface area contributed by atoms with E-state index in [1.807, 2.05) is 72.8 Å². The number of aryl methyl sites for hydroxylation is 1. The second-order valence-corrected chi connectivity index (χ2v) is 10.2. The summed E-state index contributed by atoms with van der Waals surface area (Å²) >= 11 is 5.90. The Morgan fingerprint density at radius 2 is 1.63 bits per heavy atom. The molecule has 0 radical (unpaired) electrons. The van der Waals surface area contributed by atoms with Gasteiger partial charge in [-0.2, -0.15) is 0 Å². The minimum Gasteiger partial charge on any atom is -0.484 e. The third-order valence-electron chi connectivity index (χ3n) is 7.04. The van der Waals surface area contributed by atoms with Crippen LogP contribution >= 0.6 is 12.2 Å². The molecule has 0 spiro atoms. The fourth-order valence-electron chi connectivity index (χ4n) is 5.08. The van der Waals surface area contributed by atoms with Crippen molar-refractivity contribution in [2.24, 2.45) is 0 Å². The van der Waals surface area contributed by atoms with Crippen LogP contribution < -0.4 is 20.3 Å². The van der Waals surface area contributed by atoms with Gasteiger partial charge in [0.1, 0.15) is 11.8 Å². The van der Waals surface area contributed by atoms with Crippen LogP contribution in [0.2, 0.25) is 0 Å². The molecule has 41 heavy (non-hydrogen) atoms. The van der Waals surface area contributed by atoms with Crippen LogP contribution in [0, 0.1) is 6.92 Å². The van der Waals surface area contributed by atoms with Gasteiger partial charge in [-0.25, -0.2) is 0 Å². The van der Waals surface area contributed by atoms with Crippen LogP contribution in [0.1, 0.15) is 29.0 Å². The van der Waals surface area contributed by atoms with Gasteiger partial charge in [0.15, 0.2) is 11.7 Å². The number of nitrogens with zero attached hydrogens (tertiary/aromatic N) is 3. The Bertz CT molecular complexity index is 1640. The molecule has 3 heterocycles. The molecule has 3 aromatic carbocycles. The summed E-state index contributed by atoms with van der Waals surface area (Å²) < 4.78 is 7.77. The molecule has 7 nitrogen and oxygen atoms in total. The number of anilines is 2. The first-order valence-corrected chi connectivity index (χ1v) is 13.8. The van der Waals surface area contributed by atoms with Gasteiger partial charge in [-0.3, -0.25) is 9.78 Å². The van der Waals surface area contributed by atoms with E-state index in [-0.39, 0.29) is 24.6 Å². The van der Waals surface area contributed by atoms with E-state index in [1.54, 1.807) is 6.20 Å². The molecule has 1 fully saturated rings. The van der Waals surface area contributed by atoms with Crippen LogP contribution in [0.15, 0.2) is 122 Å². The number of pyridine rings is 1. The highest BCUT2D eigenvalue weighted by Gasteiger charge is 2.42. The SMILES string of the molecule is Cc1ccc(-n2cccc2[C@@H]2[C@@H](c3ccccn3)NC(=S)N2c2ccc(NC(=O)COc3ccccc3)cc2)cc1. The van der Waals surface area contributed by atoms with Crippen molar-refractivity contribution >= 4 is 34.6 Å². The molecule has 2 N–H and O–H groups in total. The number of para-hydroxylation sites is 1. The number of carbonyl (C=O) groups is 1. The van der Waals surface area contributed by atoms with E-state index in [4.69, 9.17) is 17.0 Å². The number of rotatable bonds is 8. The molecule has 204 valence electrons.